The van der Waals surface area contributed by atoms with Gasteiger partial charge in [-0.1, -0.05) is 45.4 Å². The Morgan fingerprint density at radius 2 is 1.58 bits per heavy atom. The Bertz CT molecular complexity index is 235. The molecule has 0 aromatic rings. The number of hydrogen-bond donors (Lipinski definition) is 2. The molecule has 0 aromatic heterocycles. The summed E-state index contributed by atoms with van der Waals surface area (Å²) in [6.07, 6.45) is 12.8. The number of amides is 1. The molecule has 0 heterocycles. The van der Waals surface area contributed by atoms with E-state index < -0.39 is 0 Å². The van der Waals surface area contributed by atoms with Crippen molar-refractivity contribution in [1.29, 1.82) is 0 Å². The van der Waals surface area contributed by atoms with E-state index in [0.29, 0.717) is 12.5 Å². The van der Waals surface area contributed by atoms with Gasteiger partial charge in [0.1, 0.15) is 0 Å². The normalized spacial score (nSPS) is 23.3. The van der Waals surface area contributed by atoms with Crippen molar-refractivity contribution in [2.75, 3.05) is 0 Å². The number of carbonyl (C=O) groups is 1. The van der Waals surface area contributed by atoms with Gasteiger partial charge >= 0.3 is 0 Å². The Kier molecular flexibility index (Phi) is 8.89. The molecule has 0 atom stereocenters. The summed E-state index contributed by atoms with van der Waals surface area (Å²) in [5.74, 6) is 0.204. The summed E-state index contributed by atoms with van der Waals surface area (Å²) in [7, 11) is 0. The number of rotatable bonds is 9. The zero-order chi connectivity index (χ0) is 13.9. The van der Waals surface area contributed by atoms with Gasteiger partial charge in [-0.2, -0.15) is 0 Å². The lowest BCUT2D eigenvalue weighted by Gasteiger charge is -2.26. The Hall–Kier alpha value is -0.570. The first-order chi connectivity index (χ1) is 9.22. The van der Waals surface area contributed by atoms with Crippen LogP contribution < -0.4 is 5.32 Å². The fourth-order valence-electron chi connectivity index (χ4n) is 2.76. The molecule has 1 saturated carbocycles. The van der Waals surface area contributed by atoms with Crippen LogP contribution in [0, 0.1) is 0 Å². The van der Waals surface area contributed by atoms with Gasteiger partial charge in [-0.3, -0.25) is 4.79 Å². The highest BCUT2D eigenvalue weighted by Gasteiger charge is 2.20. The fraction of sp³-hybridized carbons (Fsp3) is 0.938. The quantitative estimate of drug-likeness (QED) is 0.629. The van der Waals surface area contributed by atoms with E-state index in [1.807, 2.05) is 0 Å². The summed E-state index contributed by atoms with van der Waals surface area (Å²) < 4.78 is 0. The third-order valence-corrected chi connectivity index (χ3v) is 4.07. The smallest absolute Gasteiger partial charge is 0.220 e. The van der Waals surface area contributed by atoms with Crippen molar-refractivity contribution in [2.45, 2.75) is 96.1 Å². The standard InChI is InChI=1S/C16H31NO2/c1-2-3-4-5-6-7-8-9-16(19)17-14-10-12-15(18)13-11-14/h14-15,18H,2-13H2,1H3,(H,17,19). The second-order valence-corrected chi connectivity index (χ2v) is 5.94. The molecule has 0 saturated heterocycles. The lowest BCUT2D eigenvalue weighted by molar-refractivity contribution is -0.122. The van der Waals surface area contributed by atoms with Crippen LogP contribution in [0.3, 0.4) is 0 Å². The van der Waals surface area contributed by atoms with Crippen LogP contribution in [0.15, 0.2) is 0 Å². The molecule has 0 radical (unpaired) electrons. The zero-order valence-corrected chi connectivity index (χ0v) is 12.5. The largest absolute Gasteiger partial charge is 0.393 e. The lowest BCUT2D eigenvalue weighted by atomic mass is 9.93. The number of aliphatic hydroxyl groups is 1. The van der Waals surface area contributed by atoms with E-state index in [4.69, 9.17) is 0 Å². The van der Waals surface area contributed by atoms with E-state index >= 15 is 0 Å². The van der Waals surface area contributed by atoms with Gasteiger partial charge in [0.25, 0.3) is 0 Å². The molecule has 1 amide bonds. The number of unbranched alkanes of at least 4 members (excludes halogenated alkanes) is 6. The maximum absolute atomic E-state index is 11.8. The molecule has 1 aliphatic rings. The highest BCUT2D eigenvalue weighted by Crippen LogP contribution is 2.18. The molecule has 112 valence electrons. The molecule has 1 aliphatic carbocycles. The van der Waals surface area contributed by atoms with Crippen LogP contribution in [0.5, 0.6) is 0 Å². The van der Waals surface area contributed by atoms with E-state index in [2.05, 4.69) is 12.2 Å². The third-order valence-electron chi connectivity index (χ3n) is 4.07. The minimum absolute atomic E-state index is 0.142. The second-order valence-electron chi connectivity index (χ2n) is 5.94. The van der Waals surface area contributed by atoms with E-state index in [9.17, 15) is 9.90 Å². The molecular formula is C16H31NO2. The molecule has 0 bridgehead atoms. The summed E-state index contributed by atoms with van der Waals surface area (Å²) >= 11 is 0. The number of hydrogen-bond acceptors (Lipinski definition) is 2. The molecule has 19 heavy (non-hydrogen) atoms. The number of carbonyl (C=O) groups excluding carboxylic acids is 1. The van der Waals surface area contributed by atoms with E-state index in [0.717, 1.165) is 32.1 Å². The van der Waals surface area contributed by atoms with Gasteiger partial charge in [0, 0.05) is 12.5 Å². The lowest BCUT2D eigenvalue weighted by Crippen LogP contribution is -2.38. The first-order valence-electron chi connectivity index (χ1n) is 8.19. The van der Waals surface area contributed by atoms with Gasteiger partial charge in [0.05, 0.1) is 6.10 Å². The van der Waals surface area contributed by atoms with Crippen LogP contribution in [0.25, 0.3) is 0 Å². The van der Waals surface area contributed by atoms with Gasteiger partial charge in [0.15, 0.2) is 0 Å². The van der Waals surface area contributed by atoms with Crippen molar-refractivity contribution in [3.8, 4) is 0 Å². The van der Waals surface area contributed by atoms with E-state index in [-0.39, 0.29) is 12.0 Å². The van der Waals surface area contributed by atoms with Crippen LogP contribution >= 0.6 is 0 Å². The van der Waals surface area contributed by atoms with Crippen LogP contribution in [-0.2, 0) is 4.79 Å². The Labute approximate surface area is 118 Å². The molecule has 2 N–H and O–H groups in total. The molecule has 0 aliphatic heterocycles. The van der Waals surface area contributed by atoms with Crippen LogP contribution in [0.1, 0.15) is 84.0 Å². The van der Waals surface area contributed by atoms with E-state index in [1.54, 1.807) is 0 Å². The topological polar surface area (TPSA) is 49.3 Å². The predicted molar refractivity (Wildman–Crippen MR) is 79.0 cm³/mol. The van der Waals surface area contributed by atoms with Gasteiger partial charge in [-0.05, 0) is 32.1 Å². The zero-order valence-electron chi connectivity index (χ0n) is 12.5. The SMILES string of the molecule is CCCCCCCCCC(=O)NC1CCC(O)CC1. The van der Waals surface area contributed by atoms with Crippen LogP contribution in [0.4, 0.5) is 0 Å². The molecule has 0 spiro atoms. The molecule has 1 fully saturated rings. The summed E-state index contributed by atoms with van der Waals surface area (Å²) in [6.45, 7) is 2.23. The van der Waals surface area contributed by atoms with Gasteiger partial charge in [-0.25, -0.2) is 0 Å². The molecule has 3 nitrogen and oxygen atoms in total. The molecule has 1 rings (SSSR count). The van der Waals surface area contributed by atoms with Crippen molar-refractivity contribution < 1.29 is 9.90 Å². The van der Waals surface area contributed by atoms with Crippen molar-refractivity contribution in [3.05, 3.63) is 0 Å². The van der Waals surface area contributed by atoms with Crippen molar-refractivity contribution in [3.63, 3.8) is 0 Å². The van der Waals surface area contributed by atoms with Crippen LogP contribution in [-0.4, -0.2) is 23.2 Å². The fourth-order valence-corrected chi connectivity index (χ4v) is 2.76. The van der Waals surface area contributed by atoms with Crippen molar-refractivity contribution in [2.24, 2.45) is 0 Å². The highest BCUT2D eigenvalue weighted by molar-refractivity contribution is 5.76. The minimum atomic E-state index is -0.142. The Morgan fingerprint density at radius 1 is 1.00 bits per heavy atom. The third kappa shape index (κ3) is 8.25. The first kappa shape index (κ1) is 16.5. The highest BCUT2D eigenvalue weighted by atomic mass is 16.3. The van der Waals surface area contributed by atoms with E-state index in [1.165, 1.54) is 38.5 Å². The summed E-state index contributed by atoms with van der Waals surface area (Å²) in [5.41, 5.74) is 0. The molecule has 0 unspecified atom stereocenters. The minimum Gasteiger partial charge on any atom is -0.393 e. The molecular weight excluding hydrogens is 238 g/mol. The Balaban J connectivity index is 1.93. The molecule has 0 aromatic carbocycles. The van der Waals surface area contributed by atoms with Crippen molar-refractivity contribution in [1.82, 2.24) is 5.32 Å². The van der Waals surface area contributed by atoms with Gasteiger partial charge in [0.2, 0.25) is 5.91 Å². The summed E-state index contributed by atoms with van der Waals surface area (Å²) in [5, 5.41) is 12.5. The summed E-state index contributed by atoms with van der Waals surface area (Å²) in [4.78, 5) is 11.8. The Morgan fingerprint density at radius 3 is 2.21 bits per heavy atom. The van der Waals surface area contributed by atoms with Crippen molar-refractivity contribution >= 4 is 5.91 Å². The number of aliphatic hydroxyl groups excluding tert-OH is 1. The maximum Gasteiger partial charge on any atom is 0.220 e. The number of nitrogens with one attached hydrogen (secondary N) is 1. The maximum atomic E-state index is 11.8. The molecule has 3 heteroatoms. The monoisotopic (exact) mass is 269 g/mol. The second kappa shape index (κ2) is 10.2. The van der Waals surface area contributed by atoms with Gasteiger partial charge in [-0.15, -0.1) is 0 Å². The predicted octanol–water partition coefficient (Wildman–Crippen LogP) is 3.55. The first-order valence-corrected chi connectivity index (χ1v) is 8.19. The average molecular weight is 269 g/mol. The average Bonchev–Trinajstić information content (AvgIpc) is 2.40. The van der Waals surface area contributed by atoms with Gasteiger partial charge < -0.3 is 10.4 Å². The summed E-state index contributed by atoms with van der Waals surface area (Å²) in [6, 6.07) is 0.306. The van der Waals surface area contributed by atoms with Crippen LogP contribution in [0.2, 0.25) is 0 Å².